The number of hydrogen-bond acceptors (Lipinski definition) is 3. The number of aliphatic hydroxyl groups is 1. The molecule has 2 aromatic rings. The first kappa shape index (κ1) is 11.8. The highest BCUT2D eigenvalue weighted by molar-refractivity contribution is 5.38. The van der Waals surface area contributed by atoms with Gasteiger partial charge in [0.1, 0.15) is 0 Å². The first-order valence-electron chi connectivity index (χ1n) is 4.83. The molecule has 17 heavy (non-hydrogen) atoms. The highest BCUT2D eigenvalue weighted by atomic mass is 19.4. The minimum atomic E-state index is -4.78. The molecule has 2 aromatic heterocycles. The summed E-state index contributed by atoms with van der Waals surface area (Å²) >= 11 is 0. The number of alkyl halides is 3. The van der Waals surface area contributed by atoms with Gasteiger partial charge in [-0.05, 0) is 13.8 Å². The SMILES string of the molecule is Cc1cnc2cnc(C(C)(O)C(F)(F)F)cn12. The number of fused-ring (bicyclic) bond motifs is 1. The first-order valence-corrected chi connectivity index (χ1v) is 4.83. The fourth-order valence-corrected chi connectivity index (χ4v) is 1.41. The lowest BCUT2D eigenvalue weighted by molar-refractivity contribution is -0.260. The summed E-state index contributed by atoms with van der Waals surface area (Å²) in [4.78, 5) is 7.55. The van der Waals surface area contributed by atoms with Crippen molar-refractivity contribution >= 4 is 5.65 Å². The second-order valence-corrected chi connectivity index (χ2v) is 3.97. The van der Waals surface area contributed by atoms with Gasteiger partial charge in [-0.15, -0.1) is 0 Å². The Balaban J connectivity index is 2.60. The highest BCUT2D eigenvalue weighted by Crippen LogP contribution is 2.37. The Hall–Kier alpha value is -1.63. The lowest BCUT2D eigenvalue weighted by Gasteiger charge is -2.25. The van der Waals surface area contributed by atoms with Crippen molar-refractivity contribution in [3.05, 3.63) is 30.0 Å². The lowest BCUT2D eigenvalue weighted by atomic mass is 10.0. The average Bonchev–Trinajstić information content (AvgIpc) is 2.58. The van der Waals surface area contributed by atoms with E-state index in [4.69, 9.17) is 0 Å². The van der Waals surface area contributed by atoms with Gasteiger partial charge >= 0.3 is 6.18 Å². The van der Waals surface area contributed by atoms with E-state index < -0.39 is 17.5 Å². The van der Waals surface area contributed by atoms with Crippen molar-refractivity contribution in [3.63, 3.8) is 0 Å². The van der Waals surface area contributed by atoms with Crippen molar-refractivity contribution in [2.45, 2.75) is 25.6 Å². The van der Waals surface area contributed by atoms with Gasteiger partial charge in [-0.2, -0.15) is 13.2 Å². The summed E-state index contributed by atoms with van der Waals surface area (Å²) in [6.45, 7) is 2.37. The van der Waals surface area contributed by atoms with Gasteiger partial charge in [0.05, 0.1) is 11.9 Å². The van der Waals surface area contributed by atoms with Crippen LogP contribution in [0.2, 0.25) is 0 Å². The maximum atomic E-state index is 12.6. The predicted molar refractivity (Wildman–Crippen MR) is 53.3 cm³/mol. The topological polar surface area (TPSA) is 50.4 Å². The van der Waals surface area contributed by atoms with Crippen LogP contribution >= 0.6 is 0 Å². The summed E-state index contributed by atoms with van der Waals surface area (Å²) in [6, 6.07) is 0. The van der Waals surface area contributed by atoms with Gasteiger partial charge in [-0.1, -0.05) is 0 Å². The molecule has 0 saturated heterocycles. The summed E-state index contributed by atoms with van der Waals surface area (Å²) < 4.78 is 39.3. The van der Waals surface area contributed by atoms with Crippen LogP contribution in [0, 0.1) is 6.92 Å². The van der Waals surface area contributed by atoms with Crippen LogP contribution < -0.4 is 0 Å². The zero-order valence-electron chi connectivity index (χ0n) is 9.15. The molecule has 0 aliphatic rings. The number of aryl methyl sites for hydroxylation is 1. The fraction of sp³-hybridized carbons (Fsp3) is 0.400. The van der Waals surface area contributed by atoms with E-state index in [-0.39, 0.29) is 0 Å². The van der Waals surface area contributed by atoms with Crippen molar-refractivity contribution in [2.75, 3.05) is 0 Å². The minimum Gasteiger partial charge on any atom is -0.375 e. The molecule has 0 aromatic carbocycles. The van der Waals surface area contributed by atoms with E-state index in [1.165, 1.54) is 16.8 Å². The molecule has 0 amide bonds. The maximum absolute atomic E-state index is 12.6. The van der Waals surface area contributed by atoms with Crippen molar-refractivity contribution in [1.29, 1.82) is 0 Å². The number of imidazole rings is 1. The van der Waals surface area contributed by atoms with Crippen molar-refractivity contribution in [3.8, 4) is 0 Å². The van der Waals surface area contributed by atoms with E-state index in [1.807, 2.05) is 0 Å². The standard InChI is InChI=1S/C10H10F3N3O/c1-6-3-15-8-4-14-7(5-16(6)8)9(2,17)10(11,12)13/h3-5,17H,1-2H3. The Morgan fingerprint density at radius 2 is 1.88 bits per heavy atom. The van der Waals surface area contributed by atoms with Gasteiger partial charge in [-0.3, -0.25) is 4.98 Å². The van der Waals surface area contributed by atoms with Crippen molar-refractivity contribution < 1.29 is 18.3 Å². The smallest absolute Gasteiger partial charge is 0.375 e. The molecule has 0 fully saturated rings. The zero-order chi connectivity index (χ0) is 12.8. The molecule has 1 unspecified atom stereocenters. The summed E-state index contributed by atoms with van der Waals surface area (Å²) in [7, 11) is 0. The summed E-state index contributed by atoms with van der Waals surface area (Å²) in [6.07, 6.45) is -0.918. The van der Waals surface area contributed by atoms with Crippen molar-refractivity contribution in [1.82, 2.24) is 14.4 Å². The first-order chi connectivity index (χ1) is 7.73. The molecule has 2 rings (SSSR count). The predicted octanol–water partition coefficient (Wildman–Crippen LogP) is 1.81. The van der Waals surface area contributed by atoms with Crippen LogP contribution in [0.3, 0.4) is 0 Å². The molecule has 2 heterocycles. The third-order valence-electron chi connectivity index (χ3n) is 2.63. The average molecular weight is 245 g/mol. The highest BCUT2D eigenvalue weighted by Gasteiger charge is 2.52. The molecule has 0 bridgehead atoms. The Kier molecular flexibility index (Phi) is 2.39. The van der Waals surface area contributed by atoms with E-state index in [9.17, 15) is 18.3 Å². The summed E-state index contributed by atoms with van der Waals surface area (Å²) in [5, 5.41) is 9.49. The van der Waals surface area contributed by atoms with Crippen LogP contribution in [-0.4, -0.2) is 25.7 Å². The molecule has 1 N–H and O–H groups in total. The Labute approximate surface area is 94.7 Å². The Morgan fingerprint density at radius 1 is 1.24 bits per heavy atom. The molecule has 7 heteroatoms. The largest absolute Gasteiger partial charge is 0.422 e. The zero-order valence-corrected chi connectivity index (χ0v) is 9.15. The molecule has 4 nitrogen and oxygen atoms in total. The summed E-state index contributed by atoms with van der Waals surface area (Å²) in [5.41, 5.74) is -2.33. The number of aromatic nitrogens is 3. The van der Waals surface area contributed by atoms with Gasteiger partial charge in [0, 0.05) is 18.1 Å². The van der Waals surface area contributed by atoms with Crippen LogP contribution in [0.5, 0.6) is 0 Å². The third-order valence-corrected chi connectivity index (χ3v) is 2.63. The van der Waals surface area contributed by atoms with Crippen LogP contribution in [-0.2, 0) is 5.60 Å². The van der Waals surface area contributed by atoms with Crippen LogP contribution in [0.4, 0.5) is 13.2 Å². The van der Waals surface area contributed by atoms with Crippen LogP contribution in [0.25, 0.3) is 5.65 Å². The molecule has 0 radical (unpaired) electrons. The number of nitrogens with zero attached hydrogens (tertiary/aromatic N) is 3. The quantitative estimate of drug-likeness (QED) is 0.833. The van der Waals surface area contributed by atoms with Gasteiger partial charge in [0.25, 0.3) is 0 Å². The molecule has 0 saturated carbocycles. The van der Waals surface area contributed by atoms with Gasteiger partial charge in [-0.25, -0.2) is 4.98 Å². The van der Waals surface area contributed by atoms with E-state index in [2.05, 4.69) is 9.97 Å². The summed E-state index contributed by atoms with van der Waals surface area (Å²) in [5.74, 6) is 0. The van der Waals surface area contributed by atoms with Gasteiger partial charge in [0.2, 0.25) is 5.60 Å². The Bertz CT molecular complexity index is 559. The van der Waals surface area contributed by atoms with E-state index in [0.29, 0.717) is 18.3 Å². The second-order valence-electron chi connectivity index (χ2n) is 3.97. The van der Waals surface area contributed by atoms with E-state index in [1.54, 1.807) is 6.92 Å². The van der Waals surface area contributed by atoms with Crippen LogP contribution in [0.1, 0.15) is 18.3 Å². The van der Waals surface area contributed by atoms with E-state index in [0.717, 1.165) is 6.20 Å². The monoisotopic (exact) mass is 245 g/mol. The normalized spacial score (nSPS) is 16.1. The molecule has 0 spiro atoms. The Morgan fingerprint density at radius 3 is 2.47 bits per heavy atom. The molecule has 92 valence electrons. The van der Waals surface area contributed by atoms with E-state index >= 15 is 0 Å². The molecular formula is C10H10F3N3O. The lowest BCUT2D eigenvalue weighted by Crippen LogP contribution is -2.40. The molecule has 0 aliphatic carbocycles. The van der Waals surface area contributed by atoms with Crippen molar-refractivity contribution in [2.24, 2.45) is 0 Å². The second kappa shape index (κ2) is 3.43. The van der Waals surface area contributed by atoms with Gasteiger partial charge in [0.15, 0.2) is 5.65 Å². The van der Waals surface area contributed by atoms with Gasteiger partial charge < -0.3 is 9.51 Å². The number of rotatable bonds is 1. The minimum absolute atomic E-state index is 0.434. The molecule has 1 atom stereocenters. The fourth-order valence-electron chi connectivity index (χ4n) is 1.41. The maximum Gasteiger partial charge on any atom is 0.422 e. The number of hydrogen-bond donors (Lipinski definition) is 1. The number of halogens is 3. The third kappa shape index (κ3) is 1.76. The van der Waals surface area contributed by atoms with Crippen LogP contribution in [0.15, 0.2) is 18.6 Å². The molecule has 0 aliphatic heterocycles. The molecular weight excluding hydrogens is 235 g/mol.